The Bertz CT molecular complexity index is 1760. The fourth-order valence-electron chi connectivity index (χ4n) is 7.94. The number of rotatable bonds is 5. The van der Waals surface area contributed by atoms with Gasteiger partial charge in [0.05, 0.1) is 47.0 Å². The Kier molecular flexibility index (Phi) is 7.13. The van der Waals surface area contributed by atoms with Crippen molar-refractivity contribution in [2.75, 3.05) is 12.0 Å². The largest absolute Gasteiger partial charge is 0.503 e. The first-order valence-corrected chi connectivity index (χ1v) is 16.8. The van der Waals surface area contributed by atoms with Gasteiger partial charge in [-0.2, -0.15) is 0 Å². The lowest BCUT2D eigenvalue weighted by Gasteiger charge is -2.49. The average Bonchev–Trinajstić information content (AvgIpc) is 3.68. The van der Waals surface area contributed by atoms with Crippen molar-refractivity contribution in [3.63, 3.8) is 0 Å². The Morgan fingerprint density at radius 1 is 1.00 bits per heavy atom. The molecule has 3 heterocycles. The number of allylic oxidation sites excluding steroid dienone is 2. The minimum absolute atomic E-state index is 0.101. The smallest absolute Gasteiger partial charge is 0.241 e. The molecule has 1 N–H and O–H groups in total. The number of thiophene rings is 1. The van der Waals surface area contributed by atoms with Crippen LogP contribution >= 0.6 is 43.2 Å². The molecule has 6 atom stereocenters. The fraction of sp³-hybridized carbons (Fsp3) is 0.333. The molecule has 4 amide bonds. The third-order valence-corrected chi connectivity index (χ3v) is 13.0. The highest BCUT2D eigenvalue weighted by Crippen LogP contribution is 2.65. The summed E-state index contributed by atoms with van der Waals surface area (Å²) >= 11 is 8.63. The van der Waals surface area contributed by atoms with E-state index in [-0.39, 0.29) is 48.1 Å². The maximum absolute atomic E-state index is 14.6. The number of halogens is 2. The molecule has 0 unspecified atom stereocenters. The molecule has 2 aliphatic carbocycles. The monoisotopic (exact) mass is 738 g/mol. The predicted molar refractivity (Wildman–Crippen MR) is 171 cm³/mol. The number of imide groups is 2. The number of carbonyl (C=O) groups is 4. The van der Waals surface area contributed by atoms with E-state index in [1.807, 2.05) is 36.6 Å². The second-order valence-electron chi connectivity index (χ2n) is 12.0. The Labute approximate surface area is 274 Å². The first-order chi connectivity index (χ1) is 21.1. The normalized spacial score (nSPS) is 29.5. The van der Waals surface area contributed by atoms with Gasteiger partial charge in [-0.1, -0.05) is 35.9 Å². The molecule has 0 radical (unpaired) electrons. The second kappa shape index (κ2) is 10.7. The molecular weight excluding hydrogens is 712 g/mol. The summed E-state index contributed by atoms with van der Waals surface area (Å²) in [5, 5.41) is 12.7. The van der Waals surface area contributed by atoms with Gasteiger partial charge in [0, 0.05) is 15.3 Å². The summed E-state index contributed by atoms with van der Waals surface area (Å²) in [5.74, 6) is -3.95. The number of nitrogens with zero attached hydrogens (tertiary/aromatic N) is 2. The number of phenolic OH excluding ortho intramolecular Hbond substituents is 1. The minimum Gasteiger partial charge on any atom is -0.503 e. The van der Waals surface area contributed by atoms with Crippen molar-refractivity contribution >= 4 is 72.5 Å². The van der Waals surface area contributed by atoms with Gasteiger partial charge in [0.1, 0.15) is 0 Å². The van der Waals surface area contributed by atoms with E-state index >= 15 is 0 Å². The molecule has 11 heteroatoms. The van der Waals surface area contributed by atoms with Gasteiger partial charge in [-0.3, -0.25) is 24.1 Å². The summed E-state index contributed by atoms with van der Waals surface area (Å²) in [6.07, 6.45) is 2.64. The second-order valence-corrected chi connectivity index (χ2v) is 14.6. The number of fused-ring (bicyclic) bond motifs is 4. The number of methoxy groups -OCH3 is 1. The predicted octanol–water partition coefficient (Wildman–Crippen LogP) is 6.42. The van der Waals surface area contributed by atoms with Crippen LogP contribution in [-0.4, -0.2) is 40.7 Å². The van der Waals surface area contributed by atoms with Crippen LogP contribution < -0.4 is 9.64 Å². The fourth-order valence-corrected chi connectivity index (χ4v) is 9.59. The SMILES string of the molecule is COc1cc([C@H]2C3=CC[C@@H]4C(=O)N(Cc5cccs5)C(=O)[C@@H]4[C@@H]3C[C@H]3C(=O)N(c4ccccc4)C(=O)[C@@]23C)c(Br)c(Br)c1O. The molecule has 8 nitrogen and oxygen atoms in total. The Morgan fingerprint density at radius 3 is 2.43 bits per heavy atom. The first kappa shape index (κ1) is 29.4. The summed E-state index contributed by atoms with van der Waals surface area (Å²) in [7, 11) is 1.45. The van der Waals surface area contributed by atoms with Crippen LogP contribution in [0, 0.1) is 29.1 Å². The van der Waals surface area contributed by atoms with Crippen molar-refractivity contribution in [2.24, 2.45) is 29.1 Å². The molecule has 2 aliphatic heterocycles. The van der Waals surface area contributed by atoms with Crippen LogP contribution in [0.25, 0.3) is 0 Å². The lowest BCUT2D eigenvalue weighted by atomic mass is 9.51. The highest BCUT2D eigenvalue weighted by molar-refractivity contribution is 9.13. The Balaban J connectivity index is 1.40. The van der Waals surface area contributed by atoms with Gasteiger partial charge in [-0.05, 0) is 92.8 Å². The van der Waals surface area contributed by atoms with Gasteiger partial charge >= 0.3 is 0 Å². The summed E-state index contributed by atoms with van der Waals surface area (Å²) in [4.78, 5) is 60.2. The van der Waals surface area contributed by atoms with Crippen LogP contribution in [0.3, 0.4) is 0 Å². The summed E-state index contributed by atoms with van der Waals surface area (Å²) in [6.45, 7) is 2.06. The summed E-state index contributed by atoms with van der Waals surface area (Å²) in [6, 6.07) is 14.4. The van der Waals surface area contributed by atoms with E-state index in [9.17, 15) is 24.3 Å². The zero-order valence-electron chi connectivity index (χ0n) is 23.8. The molecule has 44 heavy (non-hydrogen) atoms. The van der Waals surface area contributed by atoms with E-state index in [1.165, 1.54) is 28.2 Å². The summed E-state index contributed by atoms with van der Waals surface area (Å²) < 4.78 is 6.39. The molecule has 2 aromatic carbocycles. The lowest BCUT2D eigenvalue weighted by molar-refractivity contribution is -0.141. The number of amides is 4. The van der Waals surface area contributed by atoms with Crippen LogP contribution in [0.2, 0.25) is 0 Å². The molecule has 7 rings (SSSR count). The number of ether oxygens (including phenoxy) is 1. The molecule has 1 aromatic heterocycles. The van der Waals surface area contributed by atoms with E-state index in [2.05, 4.69) is 31.9 Å². The maximum atomic E-state index is 14.6. The number of anilines is 1. The average molecular weight is 740 g/mol. The third-order valence-electron chi connectivity index (χ3n) is 9.98. The van der Waals surface area contributed by atoms with Crippen molar-refractivity contribution in [1.82, 2.24) is 4.90 Å². The number of likely N-dealkylation sites (tertiary alicyclic amines) is 1. The molecule has 226 valence electrons. The number of hydrogen-bond acceptors (Lipinski definition) is 7. The van der Waals surface area contributed by atoms with Crippen LogP contribution in [0.5, 0.6) is 11.5 Å². The topological polar surface area (TPSA) is 104 Å². The number of para-hydroxylation sites is 1. The van der Waals surface area contributed by atoms with Gasteiger partial charge in [0.25, 0.3) is 0 Å². The Hall–Kier alpha value is -3.28. The molecule has 2 saturated heterocycles. The van der Waals surface area contributed by atoms with Gasteiger partial charge in [0.2, 0.25) is 23.6 Å². The van der Waals surface area contributed by atoms with E-state index < -0.39 is 35.0 Å². The van der Waals surface area contributed by atoms with Crippen LogP contribution in [-0.2, 0) is 25.7 Å². The third kappa shape index (κ3) is 4.04. The quantitative estimate of drug-likeness (QED) is 0.240. The highest BCUT2D eigenvalue weighted by Gasteiger charge is 2.67. The van der Waals surface area contributed by atoms with Crippen LogP contribution in [0.15, 0.2) is 74.5 Å². The number of aromatic hydroxyl groups is 1. The van der Waals surface area contributed by atoms with Gasteiger partial charge in [0.15, 0.2) is 11.5 Å². The molecule has 0 spiro atoms. The van der Waals surface area contributed by atoms with Crippen molar-refractivity contribution < 1.29 is 29.0 Å². The number of benzene rings is 2. The van der Waals surface area contributed by atoms with Crippen molar-refractivity contribution in [2.45, 2.75) is 32.2 Å². The first-order valence-electron chi connectivity index (χ1n) is 14.3. The molecule has 3 aromatic rings. The number of carbonyl (C=O) groups excluding carboxylic acids is 4. The standard InChI is InChI=1S/C33H28Br2N2O6S/c1-33-22(30(40)37(32(33)42)16-7-4-3-5-8-16)13-20-18(25(33)21-14-23(43-2)28(38)27(35)26(21)34)10-11-19-24(20)31(41)36(29(19)39)15-17-9-6-12-44-17/h3-10,12,14,19-20,22,24-25,38H,11,13,15H2,1-2H3/t19-,20+,22-,24-,25+,33+/m0/s1. The Morgan fingerprint density at radius 2 is 1.75 bits per heavy atom. The van der Waals surface area contributed by atoms with E-state index in [0.717, 1.165) is 10.5 Å². The van der Waals surface area contributed by atoms with E-state index in [0.29, 0.717) is 26.6 Å². The van der Waals surface area contributed by atoms with Crippen LogP contribution in [0.1, 0.15) is 36.1 Å². The van der Waals surface area contributed by atoms with Crippen molar-refractivity contribution in [3.05, 3.63) is 84.9 Å². The van der Waals surface area contributed by atoms with E-state index in [4.69, 9.17) is 4.74 Å². The number of hydrogen-bond donors (Lipinski definition) is 1. The maximum Gasteiger partial charge on any atom is 0.241 e. The van der Waals surface area contributed by atoms with Crippen molar-refractivity contribution in [1.29, 1.82) is 0 Å². The highest BCUT2D eigenvalue weighted by atomic mass is 79.9. The molecule has 0 bridgehead atoms. The minimum atomic E-state index is -1.21. The van der Waals surface area contributed by atoms with Crippen LogP contribution in [0.4, 0.5) is 5.69 Å². The van der Waals surface area contributed by atoms with Gasteiger partial charge in [-0.15, -0.1) is 11.3 Å². The zero-order chi connectivity index (χ0) is 31.1. The van der Waals surface area contributed by atoms with E-state index in [1.54, 1.807) is 30.3 Å². The molecule has 1 saturated carbocycles. The van der Waals surface area contributed by atoms with Crippen molar-refractivity contribution in [3.8, 4) is 11.5 Å². The number of phenols is 1. The van der Waals surface area contributed by atoms with Gasteiger partial charge < -0.3 is 9.84 Å². The zero-order valence-corrected chi connectivity index (χ0v) is 27.8. The molecule has 3 fully saturated rings. The molecule has 4 aliphatic rings. The van der Waals surface area contributed by atoms with Gasteiger partial charge in [-0.25, -0.2) is 4.90 Å². The summed E-state index contributed by atoms with van der Waals surface area (Å²) in [5.41, 5.74) is 0.788. The lowest BCUT2D eigenvalue weighted by Crippen LogP contribution is -2.49. The molecular formula is C33H28Br2N2O6S.